The van der Waals surface area contributed by atoms with Crippen LogP contribution in [0.2, 0.25) is 0 Å². The molecule has 2 amide bonds. The fraction of sp³-hybridized carbons (Fsp3) is 0.760. The minimum absolute atomic E-state index is 0.000457. The zero-order valence-corrected chi connectivity index (χ0v) is 19.2. The van der Waals surface area contributed by atoms with E-state index in [2.05, 4.69) is 10.6 Å². The Bertz CT molecular complexity index is 488. The van der Waals surface area contributed by atoms with E-state index >= 15 is 0 Å². The van der Waals surface area contributed by atoms with Gasteiger partial charge in [-0.1, -0.05) is 50.7 Å². The highest BCUT2D eigenvalue weighted by atomic mass is 16.3. The van der Waals surface area contributed by atoms with Gasteiger partial charge in [0.25, 0.3) is 0 Å². The second-order valence-electron chi connectivity index (χ2n) is 8.53. The Labute approximate surface area is 188 Å². The van der Waals surface area contributed by atoms with Gasteiger partial charge in [-0.3, -0.25) is 9.59 Å². The lowest BCUT2D eigenvalue weighted by molar-refractivity contribution is -0.119. The Morgan fingerprint density at radius 3 is 1.45 bits per heavy atom. The van der Waals surface area contributed by atoms with Crippen LogP contribution in [0.1, 0.15) is 96.3 Å². The molecule has 0 aromatic rings. The van der Waals surface area contributed by atoms with Crippen molar-refractivity contribution in [1.82, 2.24) is 10.6 Å². The Balaban J connectivity index is 2.17. The molecule has 0 aromatic heterocycles. The lowest BCUT2D eigenvalue weighted by atomic mass is 10.1. The number of carbonyl (C=O) groups is 2. The van der Waals surface area contributed by atoms with Crippen molar-refractivity contribution in [3.8, 4) is 0 Å². The van der Waals surface area contributed by atoms with Crippen molar-refractivity contribution in [2.75, 3.05) is 13.2 Å². The summed E-state index contributed by atoms with van der Waals surface area (Å²) in [5.74, 6) is -0.161. The maximum atomic E-state index is 12.2. The van der Waals surface area contributed by atoms with Crippen molar-refractivity contribution in [3.05, 3.63) is 24.3 Å². The topological polar surface area (TPSA) is 98.7 Å². The van der Waals surface area contributed by atoms with Gasteiger partial charge in [0.05, 0.1) is 0 Å². The number of hydrogen-bond acceptors (Lipinski definition) is 4. The van der Waals surface area contributed by atoms with Crippen molar-refractivity contribution in [3.63, 3.8) is 0 Å². The molecule has 1 aliphatic carbocycles. The quantitative estimate of drug-likeness (QED) is 0.193. The van der Waals surface area contributed by atoms with Gasteiger partial charge in [-0.2, -0.15) is 0 Å². The molecular formula is C25H44N2O4. The highest BCUT2D eigenvalue weighted by Gasteiger charge is 2.28. The molecule has 31 heavy (non-hydrogen) atoms. The van der Waals surface area contributed by atoms with Crippen molar-refractivity contribution < 1.29 is 19.8 Å². The van der Waals surface area contributed by atoms with Gasteiger partial charge in [-0.05, 0) is 69.9 Å². The van der Waals surface area contributed by atoms with Crippen LogP contribution in [0.25, 0.3) is 0 Å². The summed E-state index contributed by atoms with van der Waals surface area (Å²) >= 11 is 0. The van der Waals surface area contributed by atoms with Crippen LogP contribution < -0.4 is 10.6 Å². The predicted octanol–water partition coefficient (Wildman–Crippen LogP) is 3.92. The molecule has 0 spiro atoms. The number of aliphatic hydroxyl groups is 2. The van der Waals surface area contributed by atoms with Crippen LogP contribution in [0, 0.1) is 0 Å². The van der Waals surface area contributed by atoms with E-state index in [-0.39, 0.29) is 37.1 Å². The van der Waals surface area contributed by atoms with E-state index in [1.807, 2.05) is 12.2 Å². The third-order valence-electron chi connectivity index (χ3n) is 5.77. The van der Waals surface area contributed by atoms with Gasteiger partial charge in [-0.15, -0.1) is 0 Å². The van der Waals surface area contributed by atoms with Gasteiger partial charge in [0.1, 0.15) is 0 Å². The molecule has 1 rings (SSSR count). The molecule has 0 radical (unpaired) electrons. The standard InChI is InChI=1S/C25H44N2O4/c28-20-13-9-5-1-3-7-11-18-24(30)26-22-16-15-17-23(22)27-25(31)19-12-8-4-2-6-10-14-21-29/h11-12,18-19,22-23,28-29H,1-10,13-17,20-21H2,(H,26,30)(H,27,31)/t22-,23+. The number of rotatable bonds is 18. The van der Waals surface area contributed by atoms with Crippen molar-refractivity contribution in [1.29, 1.82) is 0 Å². The summed E-state index contributed by atoms with van der Waals surface area (Å²) in [7, 11) is 0. The normalized spacial score (nSPS) is 18.8. The molecule has 1 fully saturated rings. The number of hydrogen-bond donors (Lipinski definition) is 4. The van der Waals surface area contributed by atoms with Crippen molar-refractivity contribution >= 4 is 11.8 Å². The highest BCUT2D eigenvalue weighted by Crippen LogP contribution is 2.19. The van der Waals surface area contributed by atoms with Gasteiger partial charge in [0, 0.05) is 25.3 Å². The average molecular weight is 437 g/mol. The van der Waals surface area contributed by atoms with Crippen LogP contribution in [0.4, 0.5) is 0 Å². The van der Waals surface area contributed by atoms with Crippen LogP contribution in [-0.4, -0.2) is 47.3 Å². The molecule has 0 saturated heterocycles. The number of aliphatic hydroxyl groups excluding tert-OH is 2. The maximum Gasteiger partial charge on any atom is 0.243 e. The second-order valence-corrected chi connectivity index (χ2v) is 8.53. The van der Waals surface area contributed by atoms with E-state index in [9.17, 15) is 9.59 Å². The van der Waals surface area contributed by atoms with E-state index in [0.717, 1.165) is 96.3 Å². The fourth-order valence-corrected chi connectivity index (χ4v) is 3.96. The Morgan fingerprint density at radius 2 is 1.03 bits per heavy atom. The molecule has 2 atom stereocenters. The van der Waals surface area contributed by atoms with Gasteiger partial charge >= 0.3 is 0 Å². The largest absolute Gasteiger partial charge is 0.396 e. The first kappa shape index (κ1) is 27.4. The van der Waals surface area contributed by atoms with Crippen LogP contribution in [0.3, 0.4) is 0 Å². The van der Waals surface area contributed by atoms with Crippen LogP contribution >= 0.6 is 0 Å². The average Bonchev–Trinajstić information content (AvgIpc) is 3.18. The first-order chi connectivity index (χ1) is 15.2. The molecule has 0 heterocycles. The minimum atomic E-state index is -0.0804. The summed E-state index contributed by atoms with van der Waals surface area (Å²) in [5.41, 5.74) is 0. The highest BCUT2D eigenvalue weighted by molar-refractivity contribution is 5.89. The van der Waals surface area contributed by atoms with E-state index in [1.165, 1.54) is 0 Å². The molecule has 178 valence electrons. The number of allylic oxidation sites excluding steroid dienone is 2. The molecule has 0 aromatic carbocycles. The lowest BCUT2D eigenvalue weighted by Crippen LogP contribution is -2.47. The Hall–Kier alpha value is -1.66. The lowest BCUT2D eigenvalue weighted by Gasteiger charge is -2.21. The summed E-state index contributed by atoms with van der Waals surface area (Å²) in [5, 5.41) is 23.6. The zero-order chi connectivity index (χ0) is 22.6. The number of amides is 2. The molecule has 0 bridgehead atoms. The SMILES string of the molecule is O=C(C=CCCCCCCCO)N[C@H]1CCC[C@H]1NC(=O)C=CCCCCCCCO. The van der Waals surface area contributed by atoms with Crippen molar-refractivity contribution in [2.24, 2.45) is 0 Å². The molecular weight excluding hydrogens is 392 g/mol. The predicted molar refractivity (Wildman–Crippen MR) is 126 cm³/mol. The van der Waals surface area contributed by atoms with Gasteiger partial charge in [0.15, 0.2) is 0 Å². The Kier molecular flexibility index (Phi) is 16.8. The molecule has 6 nitrogen and oxygen atoms in total. The van der Waals surface area contributed by atoms with E-state index in [0.29, 0.717) is 0 Å². The molecule has 1 aliphatic rings. The van der Waals surface area contributed by atoms with Gasteiger partial charge in [0.2, 0.25) is 11.8 Å². The molecule has 0 unspecified atom stereocenters. The summed E-state index contributed by atoms with van der Waals surface area (Å²) in [4.78, 5) is 24.4. The molecule has 6 heteroatoms. The third kappa shape index (κ3) is 14.9. The number of unbranched alkanes of at least 4 members (excludes halogenated alkanes) is 10. The van der Waals surface area contributed by atoms with Crippen molar-refractivity contribution in [2.45, 2.75) is 108 Å². The first-order valence-corrected chi connectivity index (χ1v) is 12.3. The molecule has 1 saturated carbocycles. The summed E-state index contributed by atoms with van der Waals surface area (Å²) in [6, 6.07) is -0.000914. The summed E-state index contributed by atoms with van der Waals surface area (Å²) < 4.78 is 0. The smallest absolute Gasteiger partial charge is 0.243 e. The van der Waals surface area contributed by atoms with Crippen LogP contribution in [0.15, 0.2) is 24.3 Å². The van der Waals surface area contributed by atoms with Gasteiger partial charge < -0.3 is 20.8 Å². The third-order valence-corrected chi connectivity index (χ3v) is 5.77. The molecule has 0 aliphatic heterocycles. The monoisotopic (exact) mass is 436 g/mol. The van der Waals surface area contributed by atoms with Crippen LogP contribution in [-0.2, 0) is 9.59 Å². The second kappa shape index (κ2) is 19.1. The summed E-state index contributed by atoms with van der Waals surface area (Å²) in [6.45, 7) is 0.539. The van der Waals surface area contributed by atoms with E-state index in [1.54, 1.807) is 12.2 Å². The van der Waals surface area contributed by atoms with Gasteiger partial charge in [-0.25, -0.2) is 0 Å². The minimum Gasteiger partial charge on any atom is -0.396 e. The summed E-state index contributed by atoms with van der Waals surface area (Å²) in [6.07, 6.45) is 22.2. The Morgan fingerprint density at radius 1 is 0.645 bits per heavy atom. The first-order valence-electron chi connectivity index (χ1n) is 12.3. The van der Waals surface area contributed by atoms with Crippen LogP contribution in [0.5, 0.6) is 0 Å². The molecule has 4 N–H and O–H groups in total. The number of nitrogens with one attached hydrogen (secondary N) is 2. The van der Waals surface area contributed by atoms with E-state index < -0.39 is 0 Å². The number of carbonyl (C=O) groups excluding carboxylic acids is 2. The zero-order valence-electron chi connectivity index (χ0n) is 19.2. The van der Waals surface area contributed by atoms with E-state index in [4.69, 9.17) is 10.2 Å². The fourth-order valence-electron chi connectivity index (χ4n) is 3.96. The maximum absolute atomic E-state index is 12.2.